The lowest BCUT2D eigenvalue weighted by Crippen LogP contribution is -2.29. The number of fused-ring (bicyclic) bond motifs is 3. The average Bonchev–Trinajstić information content (AvgIpc) is 2.68. The first-order valence-corrected chi connectivity index (χ1v) is 8.82. The first-order valence-electron chi connectivity index (χ1n) is 8.82. The van der Waals surface area contributed by atoms with Crippen molar-refractivity contribution in [3.05, 3.63) is 45.9 Å². The molecule has 0 saturated heterocycles. The molecule has 1 aromatic carbocycles. The second kappa shape index (κ2) is 8.82. The maximum atomic E-state index is 12.4. The van der Waals surface area contributed by atoms with Gasteiger partial charge in [-0.15, -0.1) is 0 Å². The summed E-state index contributed by atoms with van der Waals surface area (Å²) < 4.78 is 12.6. The van der Waals surface area contributed by atoms with Gasteiger partial charge in [0, 0.05) is 23.7 Å². The second-order valence-corrected chi connectivity index (χ2v) is 6.21. The van der Waals surface area contributed by atoms with Crippen LogP contribution in [-0.4, -0.2) is 52.3 Å². The van der Waals surface area contributed by atoms with Crippen molar-refractivity contribution in [2.24, 2.45) is 0 Å². The minimum atomic E-state index is -0.346. The van der Waals surface area contributed by atoms with Crippen LogP contribution >= 0.6 is 0 Å². The zero-order valence-corrected chi connectivity index (χ0v) is 15.1. The van der Waals surface area contributed by atoms with Crippen molar-refractivity contribution >= 4 is 0 Å². The zero-order chi connectivity index (χ0) is 19.2. The molecular formula is C20H22N2O5. The first-order chi connectivity index (χ1) is 13.1. The molecule has 1 unspecified atom stereocenters. The maximum absolute atomic E-state index is 12.4. The first kappa shape index (κ1) is 19.1. The molecular weight excluding hydrogens is 348 g/mol. The highest BCUT2D eigenvalue weighted by atomic mass is 16.5. The average molecular weight is 370 g/mol. The number of aliphatic hydroxyl groups excluding tert-OH is 2. The van der Waals surface area contributed by atoms with Gasteiger partial charge in [-0.25, -0.2) is 4.79 Å². The summed E-state index contributed by atoms with van der Waals surface area (Å²) >= 11 is 0. The van der Waals surface area contributed by atoms with E-state index in [9.17, 15) is 4.79 Å². The van der Waals surface area contributed by atoms with Crippen LogP contribution in [0.4, 0.5) is 0 Å². The van der Waals surface area contributed by atoms with E-state index in [0.717, 1.165) is 22.4 Å². The van der Waals surface area contributed by atoms with Crippen molar-refractivity contribution in [1.29, 1.82) is 0 Å². The molecule has 1 aromatic heterocycles. The van der Waals surface area contributed by atoms with E-state index in [1.165, 1.54) is 0 Å². The monoisotopic (exact) mass is 370 g/mol. The van der Waals surface area contributed by atoms with E-state index in [4.69, 9.17) is 19.7 Å². The number of hydrogen-bond acceptors (Lipinski definition) is 6. The summed E-state index contributed by atoms with van der Waals surface area (Å²) in [6.45, 7) is 2.61. The molecule has 7 nitrogen and oxygen atoms in total. The summed E-state index contributed by atoms with van der Waals surface area (Å²) in [4.78, 5) is 16.4. The van der Waals surface area contributed by atoms with E-state index in [0.29, 0.717) is 13.0 Å². The Bertz CT molecular complexity index is 926. The Labute approximate surface area is 157 Å². The molecule has 7 heteroatoms. The summed E-state index contributed by atoms with van der Waals surface area (Å²) in [6.07, 6.45) is 0.489. The molecule has 0 aliphatic carbocycles. The SMILES string of the molecule is CC(COc1cc2n(c(=O)n1)CCc1cc(C#CCO)ccc1-2)OCCO. The lowest BCUT2D eigenvalue weighted by atomic mass is 9.95. The van der Waals surface area contributed by atoms with Crippen molar-refractivity contribution in [1.82, 2.24) is 9.55 Å². The molecule has 1 atom stereocenters. The Kier molecular flexibility index (Phi) is 6.24. The van der Waals surface area contributed by atoms with Gasteiger partial charge in [0.25, 0.3) is 0 Å². The number of ether oxygens (including phenoxy) is 2. The molecule has 1 aliphatic rings. The fourth-order valence-electron chi connectivity index (χ4n) is 3.00. The molecule has 2 N–H and O–H groups in total. The highest BCUT2D eigenvalue weighted by molar-refractivity contribution is 5.67. The lowest BCUT2D eigenvalue weighted by molar-refractivity contribution is 0.0122. The Morgan fingerprint density at radius 3 is 2.96 bits per heavy atom. The second-order valence-electron chi connectivity index (χ2n) is 6.21. The van der Waals surface area contributed by atoms with E-state index in [1.54, 1.807) is 10.6 Å². The van der Waals surface area contributed by atoms with Crippen molar-refractivity contribution < 1.29 is 19.7 Å². The van der Waals surface area contributed by atoms with Crippen LogP contribution in [0.2, 0.25) is 0 Å². The molecule has 142 valence electrons. The van der Waals surface area contributed by atoms with Crippen molar-refractivity contribution in [3.8, 4) is 29.0 Å². The van der Waals surface area contributed by atoms with Gasteiger partial charge in [0.15, 0.2) is 0 Å². The smallest absolute Gasteiger partial charge is 0.351 e. The van der Waals surface area contributed by atoms with Crippen LogP contribution in [0.25, 0.3) is 11.3 Å². The molecule has 1 aliphatic heterocycles. The number of benzene rings is 1. The van der Waals surface area contributed by atoms with Gasteiger partial charge in [-0.05, 0) is 31.0 Å². The van der Waals surface area contributed by atoms with E-state index in [1.807, 2.05) is 25.1 Å². The Hall–Kier alpha value is -2.66. The van der Waals surface area contributed by atoms with Gasteiger partial charge in [-0.3, -0.25) is 4.57 Å². The summed E-state index contributed by atoms with van der Waals surface area (Å²) in [5.74, 6) is 5.80. The number of rotatable bonds is 6. The quantitative estimate of drug-likeness (QED) is 0.723. The highest BCUT2D eigenvalue weighted by Crippen LogP contribution is 2.30. The molecule has 3 rings (SSSR count). The number of aryl methyl sites for hydroxylation is 1. The normalized spacial score (nSPS) is 13.1. The predicted molar refractivity (Wildman–Crippen MR) is 99.6 cm³/mol. The zero-order valence-electron chi connectivity index (χ0n) is 15.1. The third kappa shape index (κ3) is 4.55. The number of nitrogens with zero attached hydrogens (tertiary/aromatic N) is 2. The Balaban J connectivity index is 1.86. The van der Waals surface area contributed by atoms with Crippen LogP contribution < -0.4 is 10.4 Å². The highest BCUT2D eigenvalue weighted by Gasteiger charge is 2.19. The van der Waals surface area contributed by atoms with Gasteiger partial charge in [0.1, 0.15) is 13.2 Å². The molecule has 27 heavy (non-hydrogen) atoms. The molecule has 0 radical (unpaired) electrons. The molecule has 2 heterocycles. The predicted octanol–water partition coefficient (Wildman–Crippen LogP) is 0.586. The fourth-order valence-corrected chi connectivity index (χ4v) is 3.00. The fraction of sp³-hybridized carbons (Fsp3) is 0.400. The minimum absolute atomic E-state index is 0.0514. The van der Waals surface area contributed by atoms with Gasteiger partial charge in [0.2, 0.25) is 5.88 Å². The van der Waals surface area contributed by atoms with E-state index in [2.05, 4.69) is 16.8 Å². The third-order valence-electron chi connectivity index (χ3n) is 4.25. The lowest BCUT2D eigenvalue weighted by Gasteiger charge is -2.22. The van der Waals surface area contributed by atoms with Gasteiger partial charge < -0.3 is 19.7 Å². The van der Waals surface area contributed by atoms with Crippen LogP contribution in [0.1, 0.15) is 18.1 Å². The maximum Gasteiger partial charge on any atom is 0.351 e. The van der Waals surface area contributed by atoms with E-state index in [-0.39, 0.29) is 44.1 Å². The van der Waals surface area contributed by atoms with E-state index >= 15 is 0 Å². The van der Waals surface area contributed by atoms with Crippen LogP contribution in [-0.2, 0) is 17.7 Å². The van der Waals surface area contributed by atoms with E-state index < -0.39 is 0 Å². The summed E-state index contributed by atoms with van der Waals surface area (Å²) in [7, 11) is 0. The van der Waals surface area contributed by atoms with Crippen molar-refractivity contribution in [3.63, 3.8) is 0 Å². The van der Waals surface area contributed by atoms with Crippen molar-refractivity contribution in [2.45, 2.75) is 26.0 Å². The van der Waals surface area contributed by atoms with Gasteiger partial charge in [-0.1, -0.05) is 17.9 Å². The number of aliphatic hydroxyl groups is 2. The number of aromatic nitrogens is 2. The largest absolute Gasteiger partial charge is 0.475 e. The van der Waals surface area contributed by atoms with Crippen LogP contribution in [0.3, 0.4) is 0 Å². The van der Waals surface area contributed by atoms with Crippen LogP contribution in [0.5, 0.6) is 5.88 Å². The van der Waals surface area contributed by atoms with Crippen LogP contribution in [0.15, 0.2) is 29.1 Å². The molecule has 2 aromatic rings. The number of hydrogen-bond donors (Lipinski definition) is 2. The topological polar surface area (TPSA) is 93.8 Å². The summed E-state index contributed by atoms with van der Waals surface area (Å²) in [6, 6.07) is 7.54. The standard InChI is InChI=1S/C20H22N2O5/c1-14(26-10-9-24)13-27-19-12-18-17-5-4-15(3-2-8-23)11-16(17)6-7-22(18)20(25)21-19/h4-5,11-12,14,23-24H,6-10,13H2,1H3. The van der Waals surface area contributed by atoms with Gasteiger partial charge >= 0.3 is 5.69 Å². The molecule has 0 bridgehead atoms. The molecule has 0 amide bonds. The van der Waals surface area contributed by atoms with Crippen LogP contribution in [0, 0.1) is 11.8 Å². The minimum Gasteiger partial charge on any atom is -0.475 e. The van der Waals surface area contributed by atoms with Gasteiger partial charge in [0.05, 0.1) is 25.0 Å². The summed E-state index contributed by atoms with van der Waals surface area (Å²) in [5, 5.41) is 17.6. The molecule has 0 saturated carbocycles. The third-order valence-corrected chi connectivity index (χ3v) is 4.25. The molecule has 0 fully saturated rings. The van der Waals surface area contributed by atoms with Crippen molar-refractivity contribution in [2.75, 3.05) is 26.4 Å². The Morgan fingerprint density at radius 2 is 2.19 bits per heavy atom. The van der Waals surface area contributed by atoms with Gasteiger partial charge in [-0.2, -0.15) is 4.98 Å². The molecule has 0 spiro atoms. The Morgan fingerprint density at radius 1 is 1.33 bits per heavy atom. The summed E-state index contributed by atoms with van der Waals surface area (Å²) in [5.41, 5.74) is 3.29.